The minimum Gasteiger partial charge on any atom is -0.545 e. The first-order chi connectivity index (χ1) is 9.97. The molecule has 21 heavy (non-hydrogen) atoms. The van der Waals surface area contributed by atoms with E-state index < -0.39 is 5.97 Å². The Morgan fingerprint density at radius 2 is 2.00 bits per heavy atom. The minimum atomic E-state index is -1.20. The van der Waals surface area contributed by atoms with Crippen molar-refractivity contribution in [2.24, 2.45) is 0 Å². The van der Waals surface area contributed by atoms with Crippen molar-refractivity contribution >= 4 is 21.9 Å². The summed E-state index contributed by atoms with van der Waals surface area (Å²) in [6.45, 7) is 4.41. The Morgan fingerprint density at radius 3 is 2.67 bits per heavy atom. The van der Waals surface area contributed by atoms with Crippen LogP contribution in [-0.2, 0) is 6.61 Å². The highest BCUT2D eigenvalue weighted by Gasteiger charge is 2.06. The van der Waals surface area contributed by atoms with Gasteiger partial charge in [0.15, 0.2) is 0 Å². The van der Waals surface area contributed by atoms with Gasteiger partial charge in [0.05, 0.1) is 5.97 Å². The largest absolute Gasteiger partial charge is 0.545 e. The van der Waals surface area contributed by atoms with Crippen LogP contribution in [0.4, 0.5) is 0 Å². The second-order valence-electron chi connectivity index (χ2n) is 5.10. The number of aromatic carboxylic acids is 1. The first-order valence-electron chi connectivity index (χ1n) is 6.70. The van der Waals surface area contributed by atoms with Gasteiger partial charge in [-0.15, -0.1) is 0 Å². The highest BCUT2D eigenvalue weighted by molar-refractivity contribution is 9.10. The van der Waals surface area contributed by atoms with Crippen molar-refractivity contribution in [1.29, 1.82) is 0 Å². The number of ether oxygens (including phenoxy) is 1. The van der Waals surface area contributed by atoms with E-state index in [2.05, 4.69) is 29.8 Å². The van der Waals surface area contributed by atoms with E-state index >= 15 is 0 Å². The van der Waals surface area contributed by atoms with Crippen molar-refractivity contribution in [2.45, 2.75) is 26.4 Å². The number of hydrogen-bond donors (Lipinski definition) is 0. The van der Waals surface area contributed by atoms with Crippen LogP contribution >= 0.6 is 15.9 Å². The van der Waals surface area contributed by atoms with Crippen molar-refractivity contribution in [3.8, 4) is 5.75 Å². The van der Waals surface area contributed by atoms with E-state index in [4.69, 9.17) is 4.74 Å². The molecule has 0 unspecified atom stereocenters. The number of halogens is 1. The van der Waals surface area contributed by atoms with Crippen LogP contribution in [0, 0.1) is 0 Å². The first-order valence-corrected chi connectivity index (χ1v) is 7.49. The van der Waals surface area contributed by atoms with Gasteiger partial charge >= 0.3 is 0 Å². The van der Waals surface area contributed by atoms with Crippen molar-refractivity contribution in [3.05, 3.63) is 63.6 Å². The highest BCUT2D eigenvalue weighted by Crippen LogP contribution is 2.22. The molecule has 2 rings (SSSR count). The van der Waals surface area contributed by atoms with E-state index in [1.54, 1.807) is 12.1 Å². The molecule has 0 saturated heterocycles. The predicted molar refractivity (Wildman–Crippen MR) is 83.3 cm³/mol. The lowest BCUT2D eigenvalue weighted by atomic mass is 10.0. The van der Waals surface area contributed by atoms with Gasteiger partial charge in [0, 0.05) is 10.0 Å². The van der Waals surface area contributed by atoms with Crippen LogP contribution in [0.2, 0.25) is 0 Å². The van der Waals surface area contributed by atoms with Crippen LogP contribution in [-0.4, -0.2) is 5.97 Å². The van der Waals surface area contributed by atoms with Gasteiger partial charge in [-0.3, -0.25) is 0 Å². The Morgan fingerprint density at radius 1 is 1.24 bits per heavy atom. The van der Waals surface area contributed by atoms with E-state index in [1.807, 2.05) is 24.3 Å². The second-order valence-corrected chi connectivity index (χ2v) is 6.02. The Bertz CT molecular complexity index is 650. The average Bonchev–Trinajstić information content (AvgIpc) is 2.45. The second kappa shape index (κ2) is 6.76. The lowest BCUT2D eigenvalue weighted by Gasteiger charge is -2.13. The third kappa shape index (κ3) is 4.08. The van der Waals surface area contributed by atoms with Crippen LogP contribution in [0.3, 0.4) is 0 Å². The molecule has 0 radical (unpaired) electrons. The molecule has 2 aromatic rings. The van der Waals surface area contributed by atoms with Crippen molar-refractivity contribution in [2.75, 3.05) is 0 Å². The van der Waals surface area contributed by atoms with Gasteiger partial charge in [-0.2, -0.15) is 0 Å². The summed E-state index contributed by atoms with van der Waals surface area (Å²) in [4.78, 5) is 11.1. The molecule has 0 bridgehead atoms. The van der Waals surface area contributed by atoms with E-state index in [1.165, 1.54) is 11.6 Å². The quantitative estimate of drug-likeness (QED) is 0.831. The van der Waals surface area contributed by atoms with Gasteiger partial charge in [0.25, 0.3) is 0 Å². The van der Waals surface area contributed by atoms with Crippen LogP contribution < -0.4 is 9.84 Å². The molecule has 0 spiro atoms. The minimum absolute atomic E-state index is 0.151. The van der Waals surface area contributed by atoms with Crippen molar-refractivity contribution in [1.82, 2.24) is 0 Å². The lowest BCUT2D eigenvalue weighted by Crippen LogP contribution is -2.24. The number of benzene rings is 2. The number of rotatable bonds is 5. The fourth-order valence-electron chi connectivity index (χ4n) is 2.01. The predicted octanol–water partition coefficient (Wildman–Crippen LogP) is 3.52. The summed E-state index contributed by atoms with van der Waals surface area (Å²) >= 11 is 3.33. The fraction of sp³-hybridized carbons (Fsp3) is 0.235. The maximum Gasteiger partial charge on any atom is 0.120 e. The summed E-state index contributed by atoms with van der Waals surface area (Å²) < 4.78 is 6.52. The highest BCUT2D eigenvalue weighted by atomic mass is 79.9. The Kier molecular flexibility index (Phi) is 5.02. The number of carboxylic acids is 1. The average molecular weight is 348 g/mol. The molecule has 110 valence electrons. The number of carbonyl (C=O) groups is 1. The molecule has 0 N–H and O–H groups in total. The first kappa shape index (κ1) is 15.6. The summed E-state index contributed by atoms with van der Waals surface area (Å²) in [5.74, 6) is -0.0549. The molecule has 4 heteroatoms. The fourth-order valence-corrected chi connectivity index (χ4v) is 2.41. The zero-order valence-corrected chi connectivity index (χ0v) is 13.5. The van der Waals surface area contributed by atoms with Gasteiger partial charge in [0.2, 0.25) is 0 Å². The molecule has 0 aliphatic heterocycles. The molecule has 0 atom stereocenters. The van der Waals surface area contributed by atoms with E-state index in [9.17, 15) is 9.90 Å². The summed E-state index contributed by atoms with van der Waals surface area (Å²) in [6.07, 6.45) is 0. The van der Waals surface area contributed by atoms with Gasteiger partial charge in [-0.25, -0.2) is 0 Å². The smallest absolute Gasteiger partial charge is 0.120 e. The van der Waals surface area contributed by atoms with Gasteiger partial charge in [-0.1, -0.05) is 48.0 Å². The maximum absolute atomic E-state index is 11.1. The van der Waals surface area contributed by atoms with Gasteiger partial charge < -0.3 is 14.6 Å². The van der Waals surface area contributed by atoms with Crippen LogP contribution in [0.25, 0.3) is 0 Å². The Labute approximate surface area is 132 Å². The lowest BCUT2D eigenvalue weighted by molar-refractivity contribution is -0.255. The molecular weight excluding hydrogens is 332 g/mol. The maximum atomic E-state index is 11.1. The summed E-state index contributed by atoms with van der Waals surface area (Å²) in [7, 11) is 0. The molecule has 0 saturated carbocycles. The standard InChI is InChI=1S/C17H17BrO3/c1-11(2)12-4-3-5-15(9-12)21-10-13-8-14(18)6-7-16(13)17(19)20/h3-9,11H,10H2,1-2H3,(H,19,20)/p-1. The van der Waals surface area contributed by atoms with Crippen molar-refractivity contribution < 1.29 is 14.6 Å². The molecule has 0 aromatic heterocycles. The molecule has 0 amide bonds. The van der Waals surface area contributed by atoms with Gasteiger partial charge in [-0.05, 0) is 41.3 Å². The molecule has 0 heterocycles. The monoisotopic (exact) mass is 347 g/mol. The molecule has 0 fully saturated rings. The zero-order valence-electron chi connectivity index (χ0n) is 11.9. The van der Waals surface area contributed by atoms with Crippen LogP contribution in [0.15, 0.2) is 46.9 Å². The Hall–Kier alpha value is -1.81. The van der Waals surface area contributed by atoms with Crippen molar-refractivity contribution in [3.63, 3.8) is 0 Å². The van der Waals surface area contributed by atoms with E-state index in [0.717, 1.165) is 10.2 Å². The normalized spacial score (nSPS) is 10.7. The SMILES string of the molecule is CC(C)c1cccc(OCc2cc(Br)ccc2C(=O)[O-])c1. The summed E-state index contributed by atoms with van der Waals surface area (Å²) in [5, 5.41) is 11.1. The molecular formula is C17H16BrO3-. The molecule has 0 aliphatic carbocycles. The van der Waals surface area contributed by atoms with Gasteiger partial charge in [0.1, 0.15) is 12.4 Å². The van der Waals surface area contributed by atoms with E-state index in [0.29, 0.717) is 11.5 Å². The third-order valence-corrected chi connectivity index (χ3v) is 3.70. The third-order valence-electron chi connectivity index (χ3n) is 3.21. The number of carbonyl (C=O) groups excluding carboxylic acids is 1. The zero-order chi connectivity index (χ0) is 15.4. The summed E-state index contributed by atoms with van der Waals surface area (Å²) in [6, 6.07) is 12.7. The number of hydrogen-bond acceptors (Lipinski definition) is 3. The van der Waals surface area contributed by atoms with Crippen LogP contribution in [0.1, 0.15) is 41.3 Å². The van der Waals surface area contributed by atoms with E-state index in [-0.39, 0.29) is 12.2 Å². The topological polar surface area (TPSA) is 49.4 Å². The van der Waals surface area contributed by atoms with Crippen LogP contribution in [0.5, 0.6) is 5.75 Å². The Balaban J connectivity index is 2.18. The number of carboxylic acid groups (broad SMARTS) is 1. The molecule has 3 nitrogen and oxygen atoms in total. The molecule has 2 aromatic carbocycles. The molecule has 0 aliphatic rings. The summed E-state index contributed by atoms with van der Waals surface area (Å²) in [5.41, 5.74) is 1.92.